The Bertz CT molecular complexity index is 3900. The van der Waals surface area contributed by atoms with Crippen molar-refractivity contribution in [2.24, 2.45) is 0 Å². The molecule has 13 aromatic rings. The van der Waals surface area contributed by atoms with Gasteiger partial charge in [-0.3, -0.25) is 0 Å². The number of para-hydroxylation sites is 3. The van der Waals surface area contributed by atoms with Crippen molar-refractivity contribution in [3.63, 3.8) is 0 Å². The molecule has 0 aliphatic rings. The number of hydrogen-bond donors (Lipinski definition) is 0. The highest BCUT2D eigenvalue weighted by molar-refractivity contribution is 7.27. The van der Waals surface area contributed by atoms with Crippen LogP contribution in [0.5, 0.6) is 0 Å². The molecule has 5 nitrogen and oxygen atoms in total. The van der Waals surface area contributed by atoms with Gasteiger partial charge in [0.2, 0.25) is 0 Å². The number of fused-ring (bicyclic) bond motifs is 11. The van der Waals surface area contributed by atoms with Gasteiger partial charge >= 0.3 is 0 Å². The molecule has 9 aromatic carbocycles. The summed E-state index contributed by atoms with van der Waals surface area (Å²) in [4.78, 5) is 15.4. The normalized spacial score (nSPS) is 11.8. The molecule has 13 rings (SSSR count). The fourth-order valence-electron chi connectivity index (χ4n) is 9.50. The summed E-state index contributed by atoms with van der Waals surface area (Å²) in [6, 6.07) is 75.3. The molecule has 0 radical (unpaired) electrons. The lowest BCUT2D eigenvalue weighted by Crippen LogP contribution is -2.01. The summed E-state index contributed by atoms with van der Waals surface area (Å²) in [7, 11) is 0. The monoisotopic (exact) mass is 821 g/mol. The van der Waals surface area contributed by atoms with Crippen LogP contribution in [0.1, 0.15) is 0 Å². The van der Waals surface area contributed by atoms with E-state index in [2.05, 4.69) is 197 Å². The van der Waals surface area contributed by atoms with Gasteiger partial charge in [-0.2, -0.15) is 0 Å². The third-order valence-electron chi connectivity index (χ3n) is 12.3. The summed E-state index contributed by atoms with van der Waals surface area (Å²) in [5, 5.41) is 7.47. The van der Waals surface area contributed by atoms with Gasteiger partial charge in [-0.05, 0) is 53.6 Å². The number of hydrogen-bond acceptors (Lipinski definition) is 4. The minimum atomic E-state index is 0.620. The average molecular weight is 822 g/mol. The van der Waals surface area contributed by atoms with Crippen molar-refractivity contribution in [3.05, 3.63) is 212 Å². The molecule has 0 fully saturated rings. The van der Waals surface area contributed by atoms with E-state index >= 15 is 0 Å². The van der Waals surface area contributed by atoms with E-state index < -0.39 is 0 Å². The van der Waals surface area contributed by atoms with Gasteiger partial charge < -0.3 is 9.13 Å². The molecule has 0 unspecified atom stereocenters. The van der Waals surface area contributed by atoms with Crippen LogP contribution in [0.4, 0.5) is 0 Å². The molecular weight excluding hydrogens is 787 g/mol. The SMILES string of the molecule is c1ccc(-c2cccc(-c3nc(-c4ccccc4)nc(-c4cccc(-n5c6ccccc6c6ccc7c8ccc9c%10ccccc%10n(-c%10ccccc%10)c9c8sc7c65)c4)n3)c2)cc1. The Morgan fingerprint density at radius 3 is 1.30 bits per heavy atom. The Hall–Kier alpha value is -8.19. The second-order valence-electron chi connectivity index (χ2n) is 16.0. The molecule has 4 aromatic heterocycles. The van der Waals surface area contributed by atoms with Crippen LogP contribution in [-0.2, 0) is 0 Å². The van der Waals surface area contributed by atoms with Crippen molar-refractivity contribution in [1.82, 2.24) is 24.1 Å². The predicted molar refractivity (Wildman–Crippen MR) is 263 cm³/mol. The minimum absolute atomic E-state index is 0.620. The zero-order valence-electron chi connectivity index (χ0n) is 33.9. The Kier molecular flexibility index (Phi) is 8.01. The fraction of sp³-hybridized carbons (Fsp3) is 0. The number of aromatic nitrogens is 5. The van der Waals surface area contributed by atoms with Gasteiger partial charge in [-0.1, -0.05) is 170 Å². The van der Waals surface area contributed by atoms with E-state index in [-0.39, 0.29) is 0 Å². The van der Waals surface area contributed by atoms with Crippen molar-refractivity contribution in [1.29, 1.82) is 0 Å². The minimum Gasteiger partial charge on any atom is -0.308 e. The van der Waals surface area contributed by atoms with Gasteiger partial charge in [0.05, 0.1) is 31.5 Å². The van der Waals surface area contributed by atoms with Gasteiger partial charge in [0.15, 0.2) is 17.5 Å². The zero-order valence-corrected chi connectivity index (χ0v) is 34.7. The van der Waals surface area contributed by atoms with E-state index in [9.17, 15) is 0 Å². The molecule has 6 heteroatoms. The summed E-state index contributed by atoms with van der Waals surface area (Å²) >= 11 is 1.89. The van der Waals surface area contributed by atoms with Crippen LogP contribution in [0, 0.1) is 0 Å². The first-order valence-corrected chi connectivity index (χ1v) is 22.0. The molecule has 0 saturated carbocycles. The maximum atomic E-state index is 5.21. The molecule has 0 bridgehead atoms. The highest BCUT2D eigenvalue weighted by Gasteiger charge is 2.22. The van der Waals surface area contributed by atoms with Crippen LogP contribution >= 0.6 is 11.3 Å². The van der Waals surface area contributed by atoms with Crippen molar-refractivity contribution in [2.45, 2.75) is 0 Å². The summed E-state index contributed by atoms with van der Waals surface area (Å²) in [5.41, 5.74) is 12.0. The molecule has 0 atom stereocenters. The first-order chi connectivity index (χ1) is 31.2. The average Bonchev–Trinajstić information content (AvgIpc) is 4.03. The highest BCUT2D eigenvalue weighted by atomic mass is 32.1. The zero-order chi connectivity index (χ0) is 41.4. The Morgan fingerprint density at radius 1 is 0.286 bits per heavy atom. The van der Waals surface area contributed by atoms with E-state index in [1.807, 2.05) is 35.6 Å². The smallest absolute Gasteiger partial charge is 0.164 e. The second kappa shape index (κ2) is 14.2. The van der Waals surface area contributed by atoms with Crippen LogP contribution in [0.3, 0.4) is 0 Å². The topological polar surface area (TPSA) is 48.5 Å². The summed E-state index contributed by atoms with van der Waals surface area (Å²) in [6.45, 7) is 0. The largest absolute Gasteiger partial charge is 0.308 e. The van der Waals surface area contributed by atoms with Crippen LogP contribution in [0.15, 0.2) is 212 Å². The van der Waals surface area contributed by atoms with Crippen molar-refractivity contribution in [2.75, 3.05) is 0 Å². The van der Waals surface area contributed by atoms with Gasteiger partial charge in [-0.15, -0.1) is 11.3 Å². The first kappa shape index (κ1) is 35.6. The summed E-state index contributed by atoms with van der Waals surface area (Å²) in [6.07, 6.45) is 0. The molecule has 294 valence electrons. The van der Waals surface area contributed by atoms with Gasteiger partial charge in [0.25, 0.3) is 0 Å². The van der Waals surface area contributed by atoms with Gasteiger partial charge in [0.1, 0.15) is 0 Å². The predicted octanol–water partition coefficient (Wildman–Crippen LogP) is 15.1. The van der Waals surface area contributed by atoms with Crippen molar-refractivity contribution in [3.8, 4) is 56.7 Å². The van der Waals surface area contributed by atoms with Crippen molar-refractivity contribution < 1.29 is 0 Å². The third kappa shape index (κ3) is 5.66. The first-order valence-electron chi connectivity index (χ1n) is 21.2. The maximum absolute atomic E-state index is 5.21. The summed E-state index contributed by atoms with van der Waals surface area (Å²) < 4.78 is 7.43. The van der Waals surface area contributed by atoms with E-state index in [0.29, 0.717) is 17.5 Å². The molecule has 63 heavy (non-hydrogen) atoms. The van der Waals surface area contributed by atoms with E-state index in [1.54, 1.807) is 0 Å². The number of benzene rings is 9. The third-order valence-corrected chi connectivity index (χ3v) is 13.6. The molecule has 4 heterocycles. The fourth-order valence-corrected chi connectivity index (χ4v) is 10.9. The summed E-state index contributed by atoms with van der Waals surface area (Å²) in [5.74, 6) is 1.88. The lowest BCUT2D eigenvalue weighted by molar-refractivity contribution is 1.07. The molecule has 0 aliphatic heterocycles. The standard InChI is InChI=1S/C57H35N5S/c1-4-16-36(17-5-1)38-20-14-21-39(34-38)56-58-55(37-18-6-2-7-19-37)59-57(60-56)40-22-15-25-42(35-40)62-50-29-13-11-27-44(50)46-31-33-48-47-32-30-45-43-26-10-12-28-49(43)61(41-23-8-3-9-24-41)51(45)53(47)63-54(48)52(46)62/h1-35H. The number of thiophene rings is 1. The lowest BCUT2D eigenvalue weighted by Gasteiger charge is -2.12. The number of nitrogens with zero attached hydrogens (tertiary/aromatic N) is 5. The van der Waals surface area contributed by atoms with Crippen LogP contribution in [0.25, 0.3) is 120 Å². The lowest BCUT2D eigenvalue weighted by atomic mass is 10.0. The van der Waals surface area contributed by atoms with Crippen LogP contribution in [0.2, 0.25) is 0 Å². The van der Waals surface area contributed by atoms with Crippen LogP contribution in [-0.4, -0.2) is 24.1 Å². The van der Waals surface area contributed by atoms with E-state index in [0.717, 1.165) is 44.7 Å². The van der Waals surface area contributed by atoms with Crippen molar-refractivity contribution >= 4 is 75.1 Å². The highest BCUT2D eigenvalue weighted by Crippen LogP contribution is 2.47. The van der Waals surface area contributed by atoms with E-state index in [1.165, 1.54) is 58.3 Å². The van der Waals surface area contributed by atoms with Crippen LogP contribution < -0.4 is 0 Å². The van der Waals surface area contributed by atoms with Gasteiger partial charge in [-0.25, -0.2) is 15.0 Å². The molecule has 0 saturated heterocycles. The maximum Gasteiger partial charge on any atom is 0.164 e. The molecule has 0 N–H and O–H groups in total. The molecule has 0 amide bonds. The molecule has 0 aliphatic carbocycles. The van der Waals surface area contributed by atoms with E-state index in [4.69, 9.17) is 15.0 Å². The Balaban J connectivity index is 1.04. The second-order valence-corrected chi connectivity index (χ2v) is 17.0. The molecule has 0 spiro atoms. The number of rotatable bonds is 6. The quantitative estimate of drug-likeness (QED) is 0.168. The Morgan fingerprint density at radius 2 is 0.698 bits per heavy atom. The Labute approximate surface area is 366 Å². The van der Waals surface area contributed by atoms with Gasteiger partial charge in [0, 0.05) is 60.4 Å². The molecular formula is C57H35N5S.